The Bertz CT molecular complexity index is 704. The van der Waals surface area contributed by atoms with Gasteiger partial charge < -0.3 is 4.98 Å². The van der Waals surface area contributed by atoms with Crippen LogP contribution in [-0.4, -0.2) is 19.9 Å². The largest absolute Gasteiger partial charge is 0.341 e. The molecule has 19 heavy (non-hydrogen) atoms. The lowest BCUT2D eigenvalue weighted by molar-refractivity contribution is 0.580. The summed E-state index contributed by atoms with van der Waals surface area (Å²) in [6.07, 6.45) is 1.36. The molecule has 0 spiro atoms. The van der Waals surface area contributed by atoms with Crippen LogP contribution in [0.1, 0.15) is 0 Å². The smallest absolute Gasteiger partial charge is 0.300 e. The van der Waals surface area contributed by atoms with Crippen molar-refractivity contribution in [3.63, 3.8) is 0 Å². The lowest BCUT2D eigenvalue weighted by Gasteiger charge is -2.10. The van der Waals surface area contributed by atoms with E-state index in [0.717, 1.165) is 0 Å². The number of H-pyrrole nitrogens is 1. The second kappa shape index (κ2) is 4.84. The van der Waals surface area contributed by atoms with Crippen LogP contribution in [0.15, 0.2) is 11.4 Å². The first-order valence-electron chi connectivity index (χ1n) is 4.67. The van der Waals surface area contributed by atoms with Crippen LogP contribution >= 0.6 is 25.6 Å². The van der Waals surface area contributed by atoms with Crippen molar-refractivity contribution in [1.82, 2.24) is 19.9 Å². The molecule has 2 aromatic rings. The second-order valence-electron chi connectivity index (χ2n) is 3.51. The monoisotopic (exact) mass is 323 g/mol. The van der Waals surface area contributed by atoms with Gasteiger partial charge in [-0.2, -0.15) is 4.98 Å². The molecule has 0 radical (unpaired) electrons. The van der Waals surface area contributed by atoms with Gasteiger partial charge in [0.15, 0.2) is 5.65 Å². The minimum atomic E-state index is -3.57. The van der Waals surface area contributed by atoms with Crippen molar-refractivity contribution in [3.8, 4) is 0 Å². The van der Waals surface area contributed by atoms with E-state index in [9.17, 15) is 9.13 Å². The highest BCUT2D eigenvalue weighted by molar-refractivity contribution is 8.56. The van der Waals surface area contributed by atoms with E-state index < -0.39 is 14.2 Å². The maximum Gasteiger partial charge on any atom is 0.300 e. The third-order valence-corrected chi connectivity index (χ3v) is 4.43. The molecule has 0 bridgehead atoms. The number of hydrogen-bond donors (Lipinski definition) is 6. The van der Waals surface area contributed by atoms with Crippen LogP contribution in [0.2, 0.25) is 0 Å². The predicted molar refractivity (Wildman–Crippen MR) is 73.1 cm³/mol. The summed E-state index contributed by atoms with van der Waals surface area (Å²) in [5, 5.41) is 2.43. The molecule has 11 nitrogen and oxygen atoms in total. The molecule has 2 heterocycles. The Morgan fingerprint density at radius 2 is 1.89 bits per heavy atom. The molecule has 0 aliphatic heterocycles. The maximum atomic E-state index is 11.4. The maximum absolute atomic E-state index is 11.4. The van der Waals surface area contributed by atoms with Crippen LogP contribution in [0.25, 0.3) is 11.2 Å². The molecule has 0 saturated carbocycles. The Morgan fingerprint density at radius 3 is 2.47 bits per heavy atom. The van der Waals surface area contributed by atoms with Crippen molar-refractivity contribution in [1.29, 1.82) is 0 Å². The minimum absolute atomic E-state index is 0.121. The fourth-order valence-corrected chi connectivity index (χ4v) is 3.47. The SMILES string of the molecule is NP(N)(=O)Nc1nc(SP(N)(N)=O)c2[nH]cnc2n1. The molecule has 14 heteroatoms. The van der Waals surface area contributed by atoms with Gasteiger partial charge in [0, 0.05) is 0 Å². The van der Waals surface area contributed by atoms with E-state index in [1.54, 1.807) is 0 Å². The molecule has 10 N–H and O–H groups in total. The van der Waals surface area contributed by atoms with Gasteiger partial charge in [-0.05, 0) is 11.4 Å². The standard InChI is InChI=1S/C5H11N9O2P2S/c6-17(7,15)14-5-12-3-2(10-1-11-3)4(13-5)19-18(8,9)16/h1H,(H4,8,9,16)(H6,6,7,10,11,12,13,14,15). The highest BCUT2D eigenvalue weighted by Crippen LogP contribution is 2.49. The first-order chi connectivity index (χ1) is 8.64. The highest BCUT2D eigenvalue weighted by Gasteiger charge is 2.20. The average Bonchev–Trinajstić information content (AvgIpc) is 2.59. The zero-order chi connectivity index (χ0) is 14.3. The van der Waals surface area contributed by atoms with E-state index in [2.05, 4.69) is 25.0 Å². The summed E-state index contributed by atoms with van der Waals surface area (Å²) >= 11 is 0.652. The van der Waals surface area contributed by atoms with Gasteiger partial charge in [-0.1, -0.05) is 0 Å². The molecule has 0 saturated heterocycles. The minimum Gasteiger partial charge on any atom is -0.341 e. The number of anilines is 1. The van der Waals surface area contributed by atoms with Crippen LogP contribution in [0, 0.1) is 0 Å². The third kappa shape index (κ3) is 3.98. The van der Waals surface area contributed by atoms with Gasteiger partial charge in [0.05, 0.1) is 6.33 Å². The molecule has 0 amide bonds. The molecular formula is C5H11N9O2P2S. The summed E-state index contributed by atoms with van der Waals surface area (Å²) in [5.41, 5.74) is 21.5. The molecule has 104 valence electrons. The van der Waals surface area contributed by atoms with Gasteiger partial charge in [-0.25, -0.2) is 9.97 Å². The quantitative estimate of drug-likeness (QED) is 0.323. The van der Waals surface area contributed by atoms with Crippen LogP contribution in [0.5, 0.6) is 0 Å². The fourth-order valence-electron chi connectivity index (χ4n) is 1.21. The number of rotatable bonds is 4. The summed E-state index contributed by atoms with van der Waals surface area (Å²) in [5.74, 6) is -0.121. The van der Waals surface area contributed by atoms with Crippen molar-refractivity contribution in [2.24, 2.45) is 22.0 Å². The van der Waals surface area contributed by atoms with E-state index in [1.807, 2.05) is 0 Å². The number of aromatic amines is 1. The number of imidazole rings is 1. The molecule has 2 rings (SSSR count). The Kier molecular flexibility index (Phi) is 3.67. The molecule has 0 aliphatic rings. The number of aromatic nitrogens is 4. The van der Waals surface area contributed by atoms with E-state index >= 15 is 0 Å². The summed E-state index contributed by atoms with van der Waals surface area (Å²) in [4.78, 5) is 14.5. The number of nitrogens with zero attached hydrogens (tertiary/aromatic N) is 3. The third-order valence-electron chi connectivity index (χ3n) is 1.76. The van der Waals surface area contributed by atoms with Crippen LogP contribution in [0.3, 0.4) is 0 Å². The van der Waals surface area contributed by atoms with Crippen molar-refractivity contribution in [3.05, 3.63) is 6.33 Å². The molecule has 0 fully saturated rings. The molecule has 0 aromatic carbocycles. The number of nitrogens with two attached hydrogens (primary N) is 4. The average molecular weight is 323 g/mol. The Balaban J connectivity index is 2.51. The summed E-state index contributed by atoms with van der Waals surface area (Å²) in [6.45, 7) is -3.42. The van der Waals surface area contributed by atoms with Gasteiger partial charge in [0.2, 0.25) is 5.95 Å². The van der Waals surface area contributed by atoms with Gasteiger partial charge in [0.1, 0.15) is 10.5 Å². The van der Waals surface area contributed by atoms with Crippen molar-refractivity contribution in [2.45, 2.75) is 5.03 Å². The number of hydrogen-bond acceptors (Lipinski definition) is 6. The fraction of sp³-hybridized carbons (Fsp3) is 0. The van der Waals surface area contributed by atoms with E-state index in [-0.39, 0.29) is 16.6 Å². The van der Waals surface area contributed by atoms with Crippen LogP contribution in [-0.2, 0) is 9.13 Å². The van der Waals surface area contributed by atoms with E-state index in [1.165, 1.54) is 6.33 Å². The molecule has 0 atom stereocenters. The van der Waals surface area contributed by atoms with Gasteiger partial charge in [0.25, 0.3) is 14.2 Å². The highest BCUT2D eigenvalue weighted by atomic mass is 32.7. The van der Waals surface area contributed by atoms with E-state index in [0.29, 0.717) is 16.9 Å². The molecule has 0 aliphatic carbocycles. The Morgan fingerprint density at radius 1 is 1.21 bits per heavy atom. The number of fused-ring (bicyclic) bond motifs is 1. The predicted octanol–water partition coefficient (Wildman–Crippen LogP) is -0.0921. The topological polar surface area (TPSA) is 205 Å². The zero-order valence-corrected chi connectivity index (χ0v) is 12.0. The molecule has 2 aromatic heterocycles. The lowest BCUT2D eigenvalue weighted by atomic mass is 10.5. The summed E-state index contributed by atoms with van der Waals surface area (Å²) in [7, 11) is -3.57. The van der Waals surface area contributed by atoms with Gasteiger partial charge in [-0.15, -0.1) is 0 Å². The number of nitrogens with one attached hydrogen (secondary N) is 2. The summed E-state index contributed by atoms with van der Waals surface area (Å²) in [6, 6.07) is 0. The molecule has 0 unspecified atom stereocenters. The first-order valence-corrected chi connectivity index (χ1v) is 9.79. The first kappa shape index (κ1) is 14.4. The van der Waals surface area contributed by atoms with Crippen LogP contribution in [0.4, 0.5) is 5.95 Å². The van der Waals surface area contributed by atoms with E-state index in [4.69, 9.17) is 22.0 Å². The Hall–Kier alpha value is -1.00. The second-order valence-corrected chi connectivity index (χ2v) is 9.27. The van der Waals surface area contributed by atoms with Crippen LogP contribution < -0.4 is 27.1 Å². The molecular weight excluding hydrogens is 312 g/mol. The van der Waals surface area contributed by atoms with Crippen molar-refractivity contribution >= 4 is 42.7 Å². The zero-order valence-electron chi connectivity index (χ0n) is 9.35. The van der Waals surface area contributed by atoms with Crippen molar-refractivity contribution < 1.29 is 9.13 Å². The van der Waals surface area contributed by atoms with Gasteiger partial charge in [-0.3, -0.25) is 36.2 Å². The van der Waals surface area contributed by atoms with Crippen molar-refractivity contribution in [2.75, 3.05) is 5.09 Å². The summed E-state index contributed by atoms with van der Waals surface area (Å²) < 4.78 is 22.7. The lowest BCUT2D eigenvalue weighted by Crippen LogP contribution is -2.15. The Labute approximate surface area is 111 Å². The normalized spacial score (nSPS) is 12.8. The van der Waals surface area contributed by atoms with Gasteiger partial charge >= 0.3 is 0 Å².